The van der Waals surface area contributed by atoms with Gasteiger partial charge in [-0.15, -0.1) is 4.40 Å². The second-order valence-electron chi connectivity index (χ2n) is 4.88. The maximum absolute atomic E-state index is 11.9. The molecule has 0 atom stereocenters. The van der Waals surface area contributed by atoms with Gasteiger partial charge in [0.25, 0.3) is 10.0 Å². The molecule has 24 heavy (non-hydrogen) atoms. The summed E-state index contributed by atoms with van der Waals surface area (Å²) in [5, 5.41) is 3.99. The first kappa shape index (κ1) is 15.7. The van der Waals surface area contributed by atoms with Crippen LogP contribution in [0.4, 0.5) is 11.5 Å². The highest BCUT2D eigenvalue weighted by Crippen LogP contribution is 2.23. The molecule has 0 saturated heterocycles. The van der Waals surface area contributed by atoms with Gasteiger partial charge in [-0.1, -0.05) is 12.1 Å². The average Bonchev–Trinajstić information content (AvgIpc) is 2.54. The minimum absolute atomic E-state index is 0.00556. The number of rotatable bonds is 4. The van der Waals surface area contributed by atoms with Gasteiger partial charge in [0.15, 0.2) is 0 Å². The minimum Gasteiger partial charge on any atom is -0.369 e. The van der Waals surface area contributed by atoms with E-state index < -0.39 is 16.0 Å². The maximum Gasteiger partial charge on any atom is 0.285 e. The smallest absolute Gasteiger partial charge is 0.285 e. The lowest BCUT2D eigenvalue weighted by molar-refractivity contribution is 0.598. The number of guanidine groups is 1. The molecule has 0 aliphatic heterocycles. The monoisotopic (exact) mass is 342 g/mol. The van der Waals surface area contributed by atoms with Crippen LogP contribution in [0, 0.1) is 0 Å². The molecule has 0 aliphatic rings. The lowest BCUT2D eigenvalue weighted by Gasteiger charge is -2.08. The number of para-hydroxylation sites is 1. The Morgan fingerprint density at radius 2 is 1.71 bits per heavy atom. The zero-order valence-corrected chi connectivity index (χ0v) is 13.2. The number of anilines is 2. The molecule has 3 rings (SSSR count). The van der Waals surface area contributed by atoms with Crippen molar-refractivity contribution in [2.45, 2.75) is 4.90 Å². The Kier molecular flexibility index (Phi) is 4.00. The summed E-state index contributed by atoms with van der Waals surface area (Å²) in [6.07, 6.45) is 1.46. The number of aromatic nitrogens is 2. The molecular formula is C15H14N6O2S. The van der Waals surface area contributed by atoms with Gasteiger partial charge in [0.2, 0.25) is 5.96 Å². The number of hydrogen-bond acceptors (Lipinski definition) is 5. The van der Waals surface area contributed by atoms with E-state index >= 15 is 0 Å². The summed E-state index contributed by atoms with van der Waals surface area (Å²) >= 11 is 0. The van der Waals surface area contributed by atoms with Crippen molar-refractivity contribution in [3.8, 4) is 0 Å². The summed E-state index contributed by atoms with van der Waals surface area (Å²) in [5.74, 6) is 0.116. The van der Waals surface area contributed by atoms with Gasteiger partial charge in [-0.3, -0.25) is 0 Å². The van der Waals surface area contributed by atoms with Crippen molar-refractivity contribution in [3.05, 3.63) is 54.9 Å². The first-order valence-corrected chi connectivity index (χ1v) is 8.32. The second-order valence-corrected chi connectivity index (χ2v) is 6.48. The van der Waals surface area contributed by atoms with Gasteiger partial charge in [-0.25, -0.2) is 9.97 Å². The Balaban J connectivity index is 1.91. The molecule has 0 amide bonds. The Bertz CT molecular complexity index is 1010. The first-order chi connectivity index (χ1) is 11.5. The third-order valence-electron chi connectivity index (χ3n) is 3.18. The van der Waals surface area contributed by atoms with Gasteiger partial charge < -0.3 is 16.8 Å². The molecule has 0 unspecified atom stereocenters. The van der Waals surface area contributed by atoms with Crippen LogP contribution in [0.3, 0.4) is 0 Å². The fraction of sp³-hybridized carbons (Fsp3) is 0. The molecule has 0 spiro atoms. The van der Waals surface area contributed by atoms with Crippen molar-refractivity contribution in [1.29, 1.82) is 0 Å². The summed E-state index contributed by atoms with van der Waals surface area (Å²) in [5.41, 5.74) is 11.7. The third kappa shape index (κ3) is 3.25. The van der Waals surface area contributed by atoms with Gasteiger partial charge >= 0.3 is 0 Å². The first-order valence-electron chi connectivity index (χ1n) is 6.88. The summed E-state index contributed by atoms with van der Waals surface area (Å²) in [4.78, 5) is 8.40. The van der Waals surface area contributed by atoms with Crippen LogP contribution in [0.5, 0.6) is 0 Å². The minimum atomic E-state index is -3.90. The molecule has 9 heteroatoms. The zero-order valence-electron chi connectivity index (χ0n) is 12.4. The van der Waals surface area contributed by atoms with E-state index in [0.717, 1.165) is 10.9 Å². The molecule has 3 aromatic rings. The standard InChI is InChI=1S/C15H14N6O2S/c16-15(17)21-24(22,23)11-7-5-10(6-8-11)20-14-12-3-1-2-4-13(12)18-9-19-14/h1-9H,(H4,16,17,21)(H,18,19,20). The quantitative estimate of drug-likeness (QED) is 0.480. The SMILES string of the molecule is NC(N)=NS(=O)(=O)c1ccc(Nc2ncnc3ccccc23)cc1. The van der Waals surface area contributed by atoms with Crippen molar-refractivity contribution >= 4 is 38.4 Å². The molecule has 0 bridgehead atoms. The van der Waals surface area contributed by atoms with E-state index in [1.165, 1.54) is 18.5 Å². The van der Waals surface area contributed by atoms with Gasteiger partial charge in [0.05, 0.1) is 10.4 Å². The molecule has 8 nitrogen and oxygen atoms in total. The van der Waals surface area contributed by atoms with Crippen LogP contribution in [-0.4, -0.2) is 24.3 Å². The van der Waals surface area contributed by atoms with Crippen LogP contribution in [-0.2, 0) is 10.0 Å². The highest BCUT2D eigenvalue weighted by Gasteiger charge is 2.13. The number of nitrogens with one attached hydrogen (secondary N) is 1. The van der Waals surface area contributed by atoms with E-state index in [4.69, 9.17) is 11.5 Å². The van der Waals surface area contributed by atoms with E-state index in [2.05, 4.69) is 19.7 Å². The molecule has 0 aliphatic carbocycles. The van der Waals surface area contributed by atoms with Gasteiger partial charge in [-0.2, -0.15) is 8.42 Å². The van der Waals surface area contributed by atoms with Crippen LogP contribution in [0.25, 0.3) is 10.9 Å². The van der Waals surface area contributed by atoms with Gasteiger partial charge in [-0.05, 0) is 36.4 Å². The zero-order chi connectivity index (χ0) is 17.2. The molecule has 5 N–H and O–H groups in total. The summed E-state index contributed by atoms with van der Waals surface area (Å²) < 4.78 is 27.0. The van der Waals surface area contributed by atoms with E-state index in [1.807, 2.05) is 24.3 Å². The molecule has 0 radical (unpaired) electrons. The lowest BCUT2D eigenvalue weighted by atomic mass is 10.2. The number of fused-ring (bicyclic) bond motifs is 1. The topological polar surface area (TPSA) is 136 Å². The van der Waals surface area contributed by atoms with E-state index in [0.29, 0.717) is 11.5 Å². The molecular weight excluding hydrogens is 328 g/mol. The van der Waals surface area contributed by atoms with Crippen LogP contribution in [0.2, 0.25) is 0 Å². The van der Waals surface area contributed by atoms with Crippen LogP contribution < -0.4 is 16.8 Å². The summed E-state index contributed by atoms with van der Waals surface area (Å²) in [6.45, 7) is 0. The van der Waals surface area contributed by atoms with Crippen molar-refractivity contribution in [3.63, 3.8) is 0 Å². The molecule has 0 saturated carbocycles. The Morgan fingerprint density at radius 1 is 1.00 bits per heavy atom. The number of hydrogen-bond donors (Lipinski definition) is 3. The normalized spacial score (nSPS) is 11.2. The van der Waals surface area contributed by atoms with Crippen molar-refractivity contribution < 1.29 is 8.42 Å². The van der Waals surface area contributed by atoms with Crippen molar-refractivity contribution in [2.24, 2.45) is 15.9 Å². The Labute approximate surface area is 138 Å². The highest BCUT2D eigenvalue weighted by molar-refractivity contribution is 7.90. The number of nitrogens with two attached hydrogens (primary N) is 2. The number of benzene rings is 2. The van der Waals surface area contributed by atoms with Crippen molar-refractivity contribution in [1.82, 2.24) is 9.97 Å². The molecule has 2 aromatic carbocycles. The third-order valence-corrected chi connectivity index (χ3v) is 4.50. The van der Waals surface area contributed by atoms with E-state index in [-0.39, 0.29) is 4.90 Å². The van der Waals surface area contributed by atoms with Crippen LogP contribution in [0.1, 0.15) is 0 Å². The van der Waals surface area contributed by atoms with E-state index in [9.17, 15) is 8.42 Å². The molecule has 0 fully saturated rings. The van der Waals surface area contributed by atoms with Crippen LogP contribution in [0.15, 0.2) is 64.2 Å². The fourth-order valence-electron chi connectivity index (χ4n) is 2.14. The predicted octanol–water partition coefficient (Wildman–Crippen LogP) is 1.34. The van der Waals surface area contributed by atoms with Crippen LogP contribution >= 0.6 is 0 Å². The molecule has 1 aromatic heterocycles. The van der Waals surface area contributed by atoms with E-state index in [1.54, 1.807) is 12.1 Å². The largest absolute Gasteiger partial charge is 0.369 e. The highest BCUT2D eigenvalue weighted by atomic mass is 32.2. The number of nitrogens with zero attached hydrogens (tertiary/aromatic N) is 3. The van der Waals surface area contributed by atoms with Gasteiger partial charge in [0.1, 0.15) is 12.1 Å². The molecule has 1 heterocycles. The lowest BCUT2D eigenvalue weighted by Crippen LogP contribution is -2.24. The fourth-order valence-corrected chi connectivity index (χ4v) is 3.01. The average molecular weight is 342 g/mol. The predicted molar refractivity (Wildman–Crippen MR) is 92.3 cm³/mol. The van der Waals surface area contributed by atoms with Crippen molar-refractivity contribution in [2.75, 3.05) is 5.32 Å². The maximum atomic E-state index is 11.9. The Hall–Kier alpha value is -3.20. The Morgan fingerprint density at radius 3 is 2.42 bits per heavy atom. The number of sulfonamides is 1. The summed E-state index contributed by atoms with van der Waals surface area (Å²) in [7, 11) is -3.90. The molecule has 122 valence electrons. The second kappa shape index (κ2) is 6.13. The summed E-state index contributed by atoms with van der Waals surface area (Å²) in [6, 6.07) is 13.6. The van der Waals surface area contributed by atoms with Gasteiger partial charge in [0, 0.05) is 11.1 Å².